The fraction of sp³-hybridized carbons (Fsp3) is 0.154. The molecule has 5 nitrogen and oxygen atoms in total. The largest absolute Gasteiger partial charge is 0.315 e. The molecule has 0 aliphatic carbocycles. The fourth-order valence-electron chi connectivity index (χ4n) is 1.98. The van der Waals surface area contributed by atoms with Crippen molar-refractivity contribution >= 4 is 22.8 Å². The molecule has 0 spiro atoms. The molecule has 1 aromatic carbocycles. The van der Waals surface area contributed by atoms with E-state index >= 15 is 0 Å². The molecular weight excluding hydrogens is 264 g/mol. The maximum Gasteiger partial charge on any atom is 0.280 e. The second-order valence-electron chi connectivity index (χ2n) is 4.20. The number of benzene rings is 1. The molecule has 0 saturated heterocycles. The second-order valence-corrected chi connectivity index (χ2v) is 4.56. The minimum absolute atomic E-state index is 0.0824. The summed E-state index contributed by atoms with van der Waals surface area (Å²) >= 11 is 5.76. The first kappa shape index (κ1) is 11.9. The Morgan fingerprint density at radius 2 is 2.05 bits per heavy atom. The van der Waals surface area contributed by atoms with E-state index < -0.39 is 0 Å². The minimum atomic E-state index is -0.312. The Morgan fingerprint density at radius 1 is 1.26 bits per heavy atom. The molecule has 2 heterocycles. The van der Waals surface area contributed by atoms with Crippen molar-refractivity contribution in [2.24, 2.45) is 0 Å². The summed E-state index contributed by atoms with van der Waals surface area (Å²) < 4.78 is 1.84. The predicted molar refractivity (Wildman–Crippen MR) is 73.3 cm³/mol. The van der Waals surface area contributed by atoms with Crippen LogP contribution in [-0.2, 0) is 13.0 Å². The van der Waals surface area contributed by atoms with Crippen molar-refractivity contribution in [3.8, 4) is 0 Å². The molecule has 2 aromatic heterocycles. The summed E-state index contributed by atoms with van der Waals surface area (Å²) in [6.45, 7) is 0.702. The third-order valence-corrected chi connectivity index (χ3v) is 3.11. The molecule has 0 amide bonds. The van der Waals surface area contributed by atoms with Gasteiger partial charge in [-0.15, -0.1) is 0 Å². The third-order valence-electron chi connectivity index (χ3n) is 2.93. The third kappa shape index (κ3) is 2.37. The zero-order valence-corrected chi connectivity index (χ0v) is 10.8. The molecule has 0 aliphatic rings. The summed E-state index contributed by atoms with van der Waals surface area (Å²) in [5, 5.41) is 0.0824. The van der Waals surface area contributed by atoms with Crippen molar-refractivity contribution in [3.05, 3.63) is 57.9 Å². The average Bonchev–Trinajstić information content (AvgIpc) is 2.81. The van der Waals surface area contributed by atoms with Crippen LogP contribution in [0.3, 0.4) is 0 Å². The quantitative estimate of drug-likeness (QED) is 0.743. The fourth-order valence-corrected chi connectivity index (χ4v) is 2.15. The number of halogens is 1. The van der Waals surface area contributed by atoms with E-state index in [4.69, 9.17) is 11.6 Å². The zero-order chi connectivity index (χ0) is 13.2. The number of aromatic amines is 1. The molecule has 0 bridgehead atoms. The van der Waals surface area contributed by atoms with E-state index in [1.54, 1.807) is 6.33 Å². The Bertz CT molecular complexity index is 763. The molecule has 0 aliphatic heterocycles. The van der Waals surface area contributed by atoms with Gasteiger partial charge in [-0.05, 0) is 23.6 Å². The smallest absolute Gasteiger partial charge is 0.280 e. The van der Waals surface area contributed by atoms with Crippen molar-refractivity contribution in [2.45, 2.75) is 13.0 Å². The van der Waals surface area contributed by atoms with E-state index in [-0.39, 0.29) is 10.8 Å². The lowest BCUT2D eigenvalue weighted by Gasteiger charge is -2.03. The lowest BCUT2D eigenvalue weighted by Crippen LogP contribution is -2.09. The van der Waals surface area contributed by atoms with Gasteiger partial charge in [-0.25, -0.2) is 4.98 Å². The highest BCUT2D eigenvalue weighted by molar-refractivity contribution is 6.28. The number of rotatable bonds is 3. The molecule has 0 fully saturated rings. The summed E-state index contributed by atoms with van der Waals surface area (Å²) in [6, 6.07) is 10.1. The van der Waals surface area contributed by atoms with Gasteiger partial charge in [-0.2, -0.15) is 4.98 Å². The Hall–Kier alpha value is -2.14. The molecule has 6 heteroatoms. The number of imidazole rings is 1. The van der Waals surface area contributed by atoms with Crippen molar-refractivity contribution in [3.63, 3.8) is 0 Å². The van der Waals surface area contributed by atoms with Crippen LogP contribution < -0.4 is 5.56 Å². The van der Waals surface area contributed by atoms with Crippen molar-refractivity contribution in [2.75, 3.05) is 0 Å². The van der Waals surface area contributed by atoms with E-state index in [2.05, 4.69) is 27.1 Å². The van der Waals surface area contributed by atoms with Crippen LogP contribution in [0.25, 0.3) is 11.2 Å². The summed E-state index contributed by atoms with van der Waals surface area (Å²) in [4.78, 5) is 22.2. The number of hydrogen-bond acceptors (Lipinski definition) is 3. The number of fused-ring (bicyclic) bond motifs is 1. The normalized spacial score (nSPS) is 11.0. The van der Waals surface area contributed by atoms with E-state index in [1.807, 2.05) is 22.8 Å². The first-order valence-electron chi connectivity index (χ1n) is 5.88. The van der Waals surface area contributed by atoms with Gasteiger partial charge in [0.15, 0.2) is 11.2 Å². The second kappa shape index (κ2) is 4.85. The minimum Gasteiger partial charge on any atom is -0.315 e. The van der Waals surface area contributed by atoms with Crippen molar-refractivity contribution < 1.29 is 0 Å². The molecule has 3 rings (SSSR count). The Balaban J connectivity index is 1.92. The number of aromatic nitrogens is 4. The maximum absolute atomic E-state index is 11.6. The highest BCUT2D eigenvalue weighted by atomic mass is 35.5. The van der Waals surface area contributed by atoms with Gasteiger partial charge in [0.05, 0.1) is 6.33 Å². The number of aryl methyl sites for hydroxylation is 2. The van der Waals surface area contributed by atoms with Gasteiger partial charge in [-0.1, -0.05) is 30.3 Å². The summed E-state index contributed by atoms with van der Waals surface area (Å²) in [6.07, 6.45) is 2.46. The van der Waals surface area contributed by atoms with Crippen molar-refractivity contribution in [1.82, 2.24) is 19.5 Å². The van der Waals surface area contributed by atoms with E-state index in [0.717, 1.165) is 6.42 Å². The number of H-pyrrole nitrogens is 1. The zero-order valence-electron chi connectivity index (χ0n) is 10.0. The van der Waals surface area contributed by atoms with Crippen molar-refractivity contribution in [1.29, 1.82) is 0 Å². The standard InChI is InChI=1S/C13H11ClN4O/c14-13-16-11-10(12(19)17-13)15-8-18(11)7-6-9-4-2-1-3-5-9/h1-5,8H,6-7H2,(H,16,17,19). The van der Waals surface area contributed by atoms with Crippen LogP contribution in [-0.4, -0.2) is 19.5 Å². The Kier molecular flexibility index (Phi) is 3.05. The monoisotopic (exact) mass is 274 g/mol. The van der Waals surface area contributed by atoms with Crippen LogP contribution in [0.4, 0.5) is 0 Å². The topological polar surface area (TPSA) is 63.6 Å². The van der Waals surface area contributed by atoms with Gasteiger partial charge < -0.3 is 4.57 Å². The number of nitrogens with one attached hydrogen (secondary N) is 1. The molecule has 19 heavy (non-hydrogen) atoms. The van der Waals surface area contributed by atoms with Crippen LogP contribution in [0.1, 0.15) is 5.56 Å². The lowest BCUT2D eigenvalue weighted by molar-refractivity contribution is 0.709. The molecule has 0 radical (unpaired) electrons. The van der Waals surface area contributed by atoms with E-state index in [0.29, 0.717) is 17.7 Å². The predicted octanol–water partition coefficient (Wildman–Crippen LogP) is 2.02. The maximum atomic E-state index is 11.6. The Morgan fingerprint density at radius 3 is 2.84 bits per heavy atom. The van der Waals surface area contributed by atoms with Crippen LogP contribution in [0.15, 0.2) is 41.5 Å². The average molecular weight is 275 g/mol. The van der Waals surface area contributed by atoms with Gasteiger partial charge in [0, 0.05) is 6.54 Å². The molecular formula is C13H11ClN4O. The van der Waals surface area contributed by atoms with Crippen LogP contribution in [0.5, 0.6) is 0 Å². The first-order valence-corrected chi connectivity index (χ1v) is 6.26. The van der Waals surface area contributed by atoms with Crippen LogP contribution >= 0.6 is 11.6 Å². The molecule has 3 aromatic rings. The Labute approximate surface area is 113 Å². The highest BCUT2D eigenvalue weighted by Gasteiger charge is 2.09. The number of hydrogen-bond donors (Lipinski definition) is 1. The van der Waals surface area contributed by atoms with Crippen LogP contribution in [0, 0.1) is 0 Å². The highest BCUT2D eigenvalue weighted by Crippen LogP contribution is 2.09. The first-order chi connectivity index (χ1) is 9.24. The number of nitrogens with zero attached hydrogens (tertiary/aromatic N) is 3. The van der Waals surface area contributed by atoms with Gasteiger partial charge in [0.2, 0.25) is 5.28 Å². The van der Waals surface area contributed by atoms with Gasteiger partial charge >= 0.3 is 0 Å². The van der Waals surface area contributed by atoms with Gasteiger partial charge in [0.1, 0.15) is 0 Å². The van der Waals surface area contributed by atoms with Gasteiger partial charge in [0.25, 0.3) is 5.56 Å². The summed E-state index contributed by atoms with van der Waals surface area (Å²) in [7, 11) is 0. The molecule has 96 valence electrons. The van der Waals surface area contributed by atoms with E-state index in [9.17, 15) is 4.79 Å². The lowest BCUT2D eigenvalue weighted by atomic mass is 10.1. The summed E-state index contributed by atoms with van der Waals surface area (Å²) in [5.74, 6) is 0. The molecule has 1 N–H and O–H groups in total. The molecule has 0 saturated carbocycles. The molecule has 0 atom stereocenters. The van der Waals surface area contributed by atoms with Gasteiger partial charge in [-0.3, -0.25) is 9.78 Å². The summed E-state index contributed by atoms with van der Waals surface area (Å²) in [5.41, 5.74) is 1.75. The van der Waals surface area contributed by atoms with E-state index in [1.165, 1.54) is 5.56 Å². The van der Waals surface area contributed by atoms with Crippen LogP contribution in [0.2, 0.25) is 5.28 Å². The molecule has 0 unspecified atom stereocenters. The SMILES string of the molecule is O=c1[nH]c(Cl)nc2c1ncn2CCc1ccccc1.